The predicted octanol–water partition coefficient (Wildman–Crippen LogP) is 1.84. The van der Waals surface area contributed by atoms with Crippen molar-refractivity contribution in [3.05, 3.63) is 47.9 Å². The van der Waals surface area contributed by atoms with Crippen LogP contribution in [0.25, 0.3) is 0 Å². The fraction of sp³-hybridized carbons (Fsp3) is 0.389. The number of pyridine rings is 1. The molecule has 1 aromatic carbocycles. The van der Waals surface area contributed by atoms with E-state index in [1.165, 1.54) is 23.7 Å². The fourth-order valence-electron chi connectivity index (χ4n) is 2.87. The molecule has 9 heteroatoms. The van der Waals surface area contributed by atoms with Crippen LogP contribution in [0.4, 0.5) is 10.2 Å². The molecule has 1 saturated heterocycles. The molecule has 2 aromatic rings. The molecule has 1 aromatic heterocycles. The van der Waals surface area contributed by atoms with Gasteiger partial charge in [-0.15, -0.1) is 0 Å². The normalized spacial score (nSPS) is 16.7. The lowest BCUT2D eigenvalue weighted by Crippen LogP contribution is -2.40. The molecule has 0 radical (unpaired) electrons. The molecule has 0 unspecified atom stereocenters. The van der Waals surface area contributed by atoms with Crippen molar-refractivity contribution in [1.29, 1.82) is 0 Å². The minimum Gasteiger partial charge on any atom is -0.494 e. The number of methoxy groups -OCH3 is 1. The summed E-state index contributed by atoms with van der Waals surface area (Å²) < 4.78 is 50.6. The maximum Gasteiger partial charge on any atom is 0.272 e. The summed E-state index contributed by atoms with van der Waals surface area (Å²) in [4.78, 5) is 3.15. The number of nitrogens with one attached hydrogen (secondary N) is 2. The Morgan fingerprint density at radius 1 is 1.26 bits per heavy atom. The molecule has 27 heavy (non-hydrogen) atoms. The highest BCUT2D eigenvalue weighted by atomic mass is 32.2. The Hall–Kier alpha value is -2.23. The number of aromatic amines is 1. The smallest absolute Gasteiger partial charge is 0.272 e. The Labute approximate surface area is 158 Å². The standard InChI is InChI=1S/C18H22FN3O4S/c1-13(14-3-5-17(25-2)16(19)11-14)21-18-6-4-15(12-20-18)27(23,24)22-7-9-26-10-8-22/h3-6,11-13H,7-10H2,1-2H3,(H,20,21)/p+1/t13-/m1/s1. The molecular formula is C18H23FN3O4S+. The minimum atomic E-state index is -3.54. The third kappa shape index (κ3) is 4.37. The maximum absolute atomic E-state index is 13.9. The van der Waals surface area contributed by atoms with Gasteiger partial charge in [0.15, 0.2) is 11.6 Å². The highest BCUT2D eigenvalue weighted by Gasteiger charge is 2.27. The molecule has 0 aliphatic carbocycles. The SMILES string of the molecule is COc1ccc([C@@H](C)Nc2ccc(S(=O)(=O)N3CCOCC3)c[nH+]2)cc1F. The molecular weight excluding hydrogens is 373 g/mol. The van der Waals surface area contributed by atoms with Gasteiger partial charge in [-0.1, -0.05) is 6.07 Å². The monoisotopic (exact) mass is 396 g/mol. The van der Waals surface area contributed by atoms with Crippen LogP contribution in [0.2, 0.25) is 0 Å². The van der Waals surface area contributed by atoms with Crippen molar-refractivity contribution in [2.75, 3.05) is 38.7 Å². The molecule has 0 bridgehead atoms. The first-order valence-corrected chi connectivity index (χ1v) is 10.1. The fourth-order valence-corrected chi connectivity index (χ4v) is 4.24. The van der Waals surface area contributed by atoms with Gasteiger partial charge in [0.1, 0.15) is 17.1 Å². The van der Waals surface area contributed by atoms with Crippen LogP contribution in [0.3, 0.4) is 0 Å². The van der Waals surface area contributed by atoms with Gasteiger partial charge in [-0.05, 0) is 30.7 Å². The molecule has 1 aliphatic rings. The lowest BCUT2D eigenvalue weighted by atomic mass is 10.1. The third-order valence-corrected chi connectivity index (χ3v) is 6.33. The zero-order valence-electron chi connectivity index (χ0n) is 15.2. The van der Waals surface area contributed by atoms with E-state index in [-0.39, 0.29) is 16.7 Å². The Kier molecular flexibility index (Phi) is 5.93. The largest absolute Gasteiger partial charge is 0.494 e. The van der Waals surface area contributed by atoms with Crippen molar-refractivity contribution in [1.82, 2.24) is 4.31 Å². The van der Waals surface area contributed by atoms with E-state index in [1.807, 2.05) is 6.92 Å². The van der Waals surface area contributed by atoms with Crippen LogP contribution in [-0.4, -0.2) is 46.1 Å². The highest BCUT2D eigenvalue weighted by Crippen LogP contribution is 2.24. The second kappa shape index (κ2) is 8.20. The van der Waals surface area contributed by atoms with Crippen LogP contribution in [0.15, 0.2) is 41.4 Å². The van der Waals surface area contributed by atoms with Crippen LogP contribution in [-0.2, 0) is 14.8 Å². The number of hydrogen-bond acceptors (Lipinski definition) is 5. The number of anilines is 1. The third-order valence-electron chi connectivity index (χ3n) is 4.44. The molecule has 3 rings (SSSR count). The zero-order valence-corrected chi connectivity index (χ0v) is 16.1. The van der Waals surface area contributed by atoms with Gasteiger partial charge >= 0.3 is 0 Å². The average Bonchev–Trinajstić information content (AvgIpc) is 2.69. The van der Waals surface area contributed by atoms with E-state index < -0.39 is 15.8 Å². The summed E-state index contributed by atoms with van der Waals surface area (Å²) in [6.07, 6.45) is 1.45. The number of morpholine rings is 1. The summed E-state index contributed by atoms with van der Waals surface area (Å²) in [5.41, 5.74) is 0.742. The van der Waals surface area contributed by atoms with Crippen molar-refractivity contribution in [2.24, 2.45) is 0 Å². The number of halogens is 1. The quantitative estimate of drug-likeness (QED) is 0.806. The Morgan fingerprint density at radius 2 is 2.00 bits per heavy atom. The molecule has 0 saturated carbocycles. The topological polar surface area (TPSA) is 82.0 Å². The number of rotatable bonds is 6. The summed E-state index contributed by atoms with van der Waals surface area (Å²) in [6.45, 7) is 3.38. The van der Waals surface area contributed by atoms with Crippen molar-refractivity contribution in [2.45, 2.75) is 17.9 Å². The van der Waals surface area contributed by atoms with Gasteiger partial charge in [0.2, 0.25) is 10.0 Å². The van der Waals surface area contributed by atoms with Gasteiger partial charge in [0, 0.05) is 19.2 Å². The van der Waals surface area contributed by atoms with E-state index in [9.17, 15) is 12.8 Å². The maximum atomic E-state index is 13.9. The van der Waals surface area contributed by atoms with Crippen molar-refractivity contribution in [3.8, 4) is 5.75 Å². The number of hydrogen-bond donors (Lipinski definition) is 1. The van der Waals surface area contributed by atoms with E-state index in [1.54, 1.807) is 24.3 Å². The number of benzene rings is 1. The molecule has 1 aliphatic heterocycles. The van der Waals surface area contributed by atoms with Gasteiger partial charge in [0.05, 0.1) is 20.3 Å². The molecule has 1 atom stereocenters. The second-order valence-electron chi connectivity index (χ2n) is 6.21. The van der Waals surface area contributed by atoms with Crippen LogP contribution in [0, 0.1) is 5.82 Å². The van der Waals surface area contributed by atoms with Crippen molar-refractivity contribution < 1.29 is 27.3 Å². The first kappa shape index (κ1) is 19.5. The molecule has 7 nitrogen and oxygen atoms in total. The van der Waals surface area contributed by atoms with Gasteiger partial charge in [-0.25, -0.2) is 17.8 Å². The molecule has 2 N–H and O–H groups in total. The Bertz CT molecular complexity index is 884. The van der Waals surface area contributed by atoms with Crippen molar-refractivity contribution >= 4 is 15.8 Å². The van der Waals surface area contributed by atoms with E-state index in [0.717, 1.165) is 5.56 Å². The number of ether oxygens (including phenoxy) is 2. The Morgan fingerprint density at radius 3 is 2.59 bits per heavy atom. The van der Waals surface area contributed by atoms with Crippen LogP contribution in [0.5, 0.6) is 5.75 Å². The van der Waals surface area contributed by atoms with Gasteiger partial charge in [-0.3, -0.25) is 5.32 Å². The highest BCUT2D eigenvalue weighted by molar-refractivity contribution is 7.89. The first-order chi connectivity index (χ1) is 12.9. The lowest BCUT2D eigenvalue weighted by molar-refractivity contribution is -0.364. The van der Waals surface area contributed by atoms with Gasteiger partial charge in [0.25, 0.3) is 5.82 Å². The van der Waals surface area contributed by atoms with E-state index in [0.29, 0.717) is 32.1 Å². The van der Waals surface area contributed by atoms with Gasteiger partial charge < -0.3 is 9.47 Å². The number of nitrogens with zero attached hydrogens (tertiary/aromatic N) is 1. The Balaban J connectivity index is 1.71. The molecule has 1 fully saturated rings. The minimum absolute atomic E-state index is 0.190. The van der Waals surface area contributed by atoms with Crippen LogP contribution in [0.1, 0.15) is 18.5 Å². The molecule has 2 heterocycles. The molecule has 146 valence electrons. The van der Waals surface area contributed by atoms with E-state index >= 15 is 0 Å². The van der Waals surface area contributed by atoms with E-state index in [2.05, 4.69) is 10.3 Å². The van der Waals surface area contributed by atoms with Crippen LogP contribution < -0.4 is 15.0 Å². The zero-order chi connectivity index (χ0) is 19.4. The summed E-state index contributed by atoms with van der Waals surface area (Å²) in [6, 6.07) is 7.77. The summed E-state index contributed by atoms with van der Waals surface area (Å²) in [5.74, 6) is 0.384. The summed E-state index contributed by atoms with van der Waals surface area (Å²) in [5, 5.41) is 3.19. The number of aromatic nitrogens is 1. The van der Waals surface area contributed by atoms with Crippen LogP contribution >= 0.6 is 0 Å². The summed E-state index contributed by atoms with van der Waals surface area (Å²) >= 11 is 0. The average molecular weight is 396 g/mol. The van der Waals surface area contributed by atoms with Gasteiger partial charge in [-0.2, -0.15) is 4.31 Å². The second-order valence-corrected chi connectivity index (χ2v) is 8.15. The number of H-pyrrole nitrogens is 1. The molecule has 0 spiro atoms. The molecule has 0 amide bonds. The van der Waals surface area contributed by atoms with E-state index in [4.69, 9.17) is 9.47 Å². The van der Waals surface area contributed by atoms with Crippen molar-refractivity contribution in [3.63, 3.8) is 0 Å². The first-order valence-electron chi connectivity index (χ1n) is 8.61. The lowest BCUT2D eigenvalue weighted by Gasteiger charge is -2.25. The number of sulfonamides is 1. The summed E-state index contributed by atoms with van der Waals surface area (Å²) in [7, 11) is -2.12. The predicted molar refractivity (Wildman–Crippen MR) is 97.6 cm³/mol.